The molecule has 112 valence electrons. The fraction of sp³-hybridized carbons (Fsp3) is 0.0500. The van der Waals surface area contributed by atoms with Gasteiger partial charge in [0.25, 0.3) is 0 Å². The summed E-state index contributed by atoms with van der Waals surface area (Å²) in [6.07, 6.45) is 0. The van der Waals surface area contributed by atoms with Gasteiger partial charge in [0.05, 0.1) is 11.0 Å². The first-order chi connectivity index (χ1) is 11.3. The van der Waals surface area contributed by atoms with Gasteiger partial charge in [-0.05, 0) is 29.8 Å². The van der Waals surface area contributed by atoms with Gasteiger partial charge in [-0.1, -0.05) is 70.5 Å². The SMILES string of the molecule is Brc1cccc(-c2nc3ccccc3n2Cc2ccccc2)c1. The van der Waals surface area contributed by atoms with Crippen molar-refractivity contribution < 1.29 is 0 Å². The zero-order valence-corrected chi connectivity index (χ0v) is 14.1. The van der Waals surface area contributed by atoms with Crippen LogP contribution in [0.2, 0.25) is 0 Å². The van der Waals surface area contributed by atoms with Crippen molar-refractivity contribution in [3.63, 3.8) is 0 Å². The molecule has 0 saturated heterocycles. The summed E-state index contributed by atoms with van der Waals surface area (Å²) in [6.45, 7) is 0.809. The number of nitrogens with zero attached hydrogens (tertiary/aromatic N) is 2. The lowest BCUT2D eigenvalue weighted by atomic mass is 10.2. The topological polar surface area (TPSA) is 17.8 Å². The van der Waals surface area contributed by atoms with E-state index in [-0.39, 0.29) is 0 Å². The van der Waals surface area contributed by atoms with Crippen molar-refractivity contribution in [2.45, 2.75) is 6.54 Å². The van der Waals surface area contributed by atoms with E-state index < -0.39 is 0 Å². The average molecular weight is 363 g/mol. The molecule has 1 aromatic heterocycles. The van der Waals surface area contributed by atoms with Crippen LogP contribution in [-0.4, -0.2) is 9.55 Å². The third-order valence-electron chi connectivity index (χ3n) is 3.92. The largest absolute Gasteiger partial charge is 0.319 e. The highest BCUT2D eigenvalue weighted by Crippen LogP contribution is 2.27. The number of halogens is 1. The predicted octanol–water partition coefficient (Wildman–Crippen LogP) is 5.51. The van der Waals surface area contributed by atoms with E-state index in [1.807, 2.05) is 24.3 Å². The lowest BCUT2D eigenvalue weighted by molar-refractivity contribution is 0.834. The van der Waals surface area contributed by atoms with Crippen LogP contribution in [0.5, 0.6) is 0 Å². The van der Waals surface area contributed by atoms with E-state index in [0.29, 0.717) is 0 Å². The van der Waals surface area contributed by atoms with Crippen LogP contribution in [0.15, 0.2) is 83.3 Å². The van der Waals surface area contributed by atoms with Gasteiger partial charge in [0.15, 0.2) is 0 Å². The quantitative estimate of drug-likeness (QED) is 0.469. The number of aromatic nitrogens is 2. The highest BCUT2D eigenvalue weighted by Gasteiger charge is 2.12. The summed E-state index contributed by atoms with van der Waals surface area (Å²) in [7, 11) is 0. The minimum atomic E-state index is 0.809. The Bertz CT molecular complexity index is 958. The normalized spacial score (nSPS) is 11.0. The van der Waals surface area contributed by atoms with E-state index in [1.54, 1.807) is 0 Å². The summed E-state index contributed by atoms with van der Waals surface area (Å²) >= 11 is 3.56. The Balaban J connectivity index is 1.91. The molecule has 4 aromatic rings. The third kappa shape index (κ3) is 2.80. The molecule has 3 aromatic carbocycles. The van der Waals surface area contributed by atoms with Gasteiger partial charge in [-0.3, -0.25) is 0 Å². The van der Waals surface area contributed by atoms with Gasteiger partial charge in [-0.2, -0.15) is 0 Å². The van der Waals surface area contributed by atoms with Crippen LogP contribution in [0.3, 0.4) is 0 Å². The Morgan fingerprint density at radius 3 is 2.43 bits per heavy atom. The number of rotatable bonds is 3. The molecule has 23 heavy (non-hydrogen) atoms. The van der Waals surface area contributed by atoms with Gasteiger partial charge in [-0.25, -0.2) is 4.98 Å². The number of hydrogen-bond acceptors (Lipinski definition) is 1. The second kappa shape index (κ2) is 6.01. The number of benzene rings is 3. The minimum absolute atomic E-state index is 0.809. The van der Waals surface area contributed by atoms with Crippen LogP contribution in [-0.2, 0) is 6.54 Å². The molecule has 0 aliphatic heterocycles. The average Bonchev–Trinajstić information content (AvgIpc) is 2.95. The first-order valence-electron chi connectivity index (χ1n) is 7.56. The second-order valence-electron chi connectivity index (χ2n) is 5.51. The Hall–Kier alpha value is -2.39. The maximum Gasteiger partial charge on any atom is 0.141 e. The summed E-state index contributed by atoms with van der Waals surface area (Å²) in [5, 5.41) is 0. The molecule has 0 saturated carbocycles. The molecule has 0 aliphatic rings. The minimum Gasteiger partial charge on any atom is -0.319 e. The Morgan fingerprint density at radius 2 is 1.61 bits per heavy atom. The summed E-state index contributed by atoms with van der Waals surface area (Å²) in [4.78, 5) is 4.86. The molecular weight excluding hydrogens is 348 g/mol. The number of para-hydroxylation sites is 2. The predicted molar refractivity (Wildman–Crippen MR) is 98.4 cm³/mol. The van der Waals surface area contributed by atoms with Crippen molar-refractivity contribution in [2.75, 3.05) is 0 Å². The molecule has 0 fully saturated rings. The first-order valence-corrected chi connectivity index (χ1v) is 8.36. The van der Waals surface area contributed by atoms with Gasteiger partial charge < -0.3 is 4.57 Å². The van der Waals surface area contributed by atoms with E-state index in [4.69, 9.17) is 4.98 Å². The molecular formula is C20H15BrN2. The van der Waals surface area contributed by atoms with Crippen molar-refractivity contribution in [3.8, 4) is 11.4 Å². The van der Waals surface area contributed by atoms with Crippen molar-refractivity contribution >= 4 is 27.0 Å². The van der Waals surface area contributed by atoms with E-state index >= 15 is 0 Å². The highest BCUT2D eigenvalue weighted by atomic mass is 79.9. The van der Waals surface area contributed by atoms with Crippen LogP contribution in [0.25, 0.3) is 22.4 Å². The summed E-state index contributed by atoms with van der Waals surface area (Å²) in [5.74, 6) is 0.997. The monoisotopic (exact) mass is 362 g/mol. The summed E-state index contributed by atoms with van der Waals surface area (Å²) in [6, 6.07) is 27.1. The first kappa shape index (κ1) is 14.2. The Labute approximate surface area is 143 Å². The van der Waals surface area contributed by atoms with Gasteiger partial charge in [-0.15, -0.1) is 0 Å². The molecule has 0 spiro atoms. The zero-order chi connectivity index (χ0) is 15.6. The molecule has 4 rings (SSSR count). The molecule has 0 amide bonds. The van der Waals surface area contributed by atoms with Crippen molar-refractivity contribution in [1.29, 1.82) is 0 Å². The van der Waals surface area contributed by atoms with Crippen molar-refractivity contribution in [3.05, 3.63) is 88.9 Å². The lowest BCUT2D eigenvalue weighted by Gasteiger charge is -2.10. The van der Waals surface area contributed by atoms with Crippen LogP contribution >= 0.6 is 15.9 Å². The van der Waals surface area contributed by atoms with E-state index in [1.165, 1.54) is 5.56 Å². The van der Waals surface area contributed by atoms with Crippen LogP contribution in [0, 0.1) is 0 Å². The molecule has 1 heterocycles. The van der Waals surface area contributed by atoms with Gasteiger partial charge >= 0.3 is 0 Å². The zero-order valence-electron chi connectivity index (χ0n) is 12.5. The lowest BCUT2D eigenvalue weighted by Crippen LogP contribution is -2.02. The fourth-order valence-electron chi connectivity index (χ4n) is 2.85. The smallest absolute Gasteiger partial charge is 0.141 e. The van der Waals surface area contributed by atoms with Gasteiger partial charge in [0.2, 0.25) is 0 Å². The van der Waals surface area contributed by atoms with Crippen molar-refractivity contribution in [1.82, 2.24) is 9.55 Å². The third-order valence-corrected chi connectivity index (χ3v) is 4.41. The molecule has 0 radical (unpaired) electrons. The Kier molecular flexibility index (Phi) is 3.72. The number of fused-ring (bicyclic) bond motifs is 1. The number of hydrogen-bond donors (Lipinski definition) is 0. The summed E-state index contributed by atoms with van der Waals surface area (Å²) < 4.78 is 3.35. The summed E-state index contributed by atoms with van der Waals surface area (Å²) in [5.41, 5.74) is 4.57. The maximum absolute atomic E-state index is 4.86. The van der Waals surface area contributed by atoms with E-state index in [2.05, 4.69) is 75.1 Å². The van der Waals surface area contributed by atoms with Crippen LogP contribution in [0.4, 0.5) is 0 Å². The highest BCUT2D eigenvalue weighted by molar-refractivity contribution is 9.10. The molecule has 3 heteroatoms. The standard InChI is InChI=1S/C20H15BrN2/c21-17-10-6-9-16(13-17)20-22-18-11-4-5-12-19(18)23(20)14-15-7-2-1-3-8-15/h1-13H,14H2. The Morgan fingerprint density at radius 1 is 0.826 bits per heavy atom. The fourth-order valence-corrected chi connectivity index (χ4v) is 3.25. The van der Waals surface area contributed by atoms with Crippen LogP contribution in [0.1, 0.15) is 5.56 Å². The molecule has 0 unspecified atom stereocenters. The second-order valence-corrected chi connectivity index (χ2v) is 6.42. The molecule has 0 atom stereocenters. The number of imidazole rings is 1. The van der Waals surface area contributed by atoms with Gasteiger partial charge in [0.1, 0.15) is 5.82 Å². The molecule has 0 bridgehead atoms. The molecule has 0 N–H and O–H groups in total. The van der Waals surface area contributed by atoms with Gasteiger partial charge in [0, 0.05) is 16.6 Å². The molecule has 2 nitrogen and oxygen atoms in total. The van der Waals surface area contributed by atoms with E-state index in [9.17, 15) is 0 Å². The van der Waals surface area contributed by atoms with Crippen LogP contribution < -0.4 is 0 Å². The molecule has 0 aliphatic carbocycles. The maximum atomic E-state index is 4.86. The van der Waals surface area contributed by atoms with E-state index in [0.717, 1.165) is 33.4 Å². The van der Waals surface area contributed by atoms with Crippen molar-refractivity contribution in [2.24, 2.45) is 0 Å².